The van der Waals surface area contributed by atoms with E-state index in [1.165, 1.54) is 0 Å². The number of benzene rings is 2. The lowest BCUT2D eigenvalue weighted by Gasteiger charge is -2.29. The lowest BCUT2D eigenvalue weighted by molar-refractivity contribution is -0.129. The lowest BCUT2D eigenvalue weighted by atomic mass is 10.1. The molecule has 0 saturated heterocycles. The van der Waals surface area contributed by atoms with E-state index in [1.54, 1.807) is 6.92 Å². The monoisotopic (exact) mass is 462 g/mol. The Labute approximate surface area is 200 Å². The van der Waals surface area contributed by atoms with Crippen molar-refractivity contribution in [3.8, 4) is 11.5 Å². The normalized spacial score (nSPS) is 13.9. The molecule has 0 bridgehead atoms. The number of hydrogen-bond donors (Lipinski definition) is 0. The fourth-order valence-electron chi connectivity index (χ4n) is 3.52. The highest BCUT2D eigenvalue weighted by Gasteiger charge is 2.20. The first-order valence-electron chi connectivity index (χ1n) is 11.4. The van der Waals surface area contributed by atoms with Gasteiger partial charge >= 0.3 is 5.91 Å². The number of amides is 1. The second-order valence-electron chi connectivity index (χ2n) is 7.59. The maximum atomic E-state index is 11.6. The van der Waals surface area contributed by atoms with Crippen molar-refractivity contribution in [3.63, 3.8) is 0 Å². The van der Waals surface area contributed by atoms with Crippen molar-refractivity contribution in [2.75, 3.05) is 24.7 Å². The first-order valence-corrected chi connectivity index (χ1v) is 11.4. The maximum Gasteiger partial charge on any atom is 0.315 e. The second kappa shape index (κ2) is 13.1. The maximum absolute atomic E-state index is 11.6. The summed E-state index contributed by atoms with van der Waals surface area (Å²) in [7, 11) is 0. The number of hydrogen-bond acceptors (Lipinski definition) is 6. The van der Waals surface area contributed by atoms with E-state index < -0.39 is 12.0 Å². The first kappa shape index (κ1) is 24.9. The number of rotatable bonds is 12. The summed E-state index contributed by atoms with van der Waals surface area (Å²) in [4.78, 5) is 24.3. The molecule has 0 saturated carbocycles. The molecule has 1 aliphatic rings. The molecule has 7 heteroatoms. The minimum absolute atomic E-state index is 0.291. The highest BCUT2D eigenvalue weighted by Crippen LogP contribution is 2.34. The molecule has 1 atom stereocenters. The van der Waals surface area contributed by atoms with Gasteiger partial charge in [-0.25, -0.2) is 0 Å². The standard InChI is InChI=1S/C27H30N2O5/c1-3-5-6-7-10-23-20-29(24-11-8-9-12-25(24)34-23)17-18-33-22-15-13-21(14-16-22)19-26(32-4-2)27(30)28-31/h3,5-9,11-16,20,26H,4,10,17-19H2,1-2H3/b5-3-,7-6-/t26-/m0/s1. The van der Waals surface area contributed by atoms with Gasteiger partial charge in [-0.15, -0.1) is 4.91 Å². The quantitative estimate of drug-likeness (QED) is 0.303. The number of allylic oxidation sites excluding steroid dienone is 4. The molecule has 0 radical (unpaired) electrons. The highest BCUT2D eigenvalue weighted by molar-refractivity contribution is 5.81. The summed E-state index contributed by atoms with van der Waals surface area (Å²) < 4.78 is 17.3. The van der Waals surface area contributed by atoms with Crippen LogP contribution < -0.4 is 14.4 Å². The van der Waals surface area contributed by atoms with E-state index in [0.29, 0.717) is 32.6 Å². The molecule has 0 spiro atoms. The molecular weight excluding hydrogens is 432 g/mol. The lowest BCUT2D eigenvalue weighted by Crippen LogP contribution is -2.27. The van der Waals surface area contributed by atoms with Crippen LogP contribution in [-0.2, 0) is 16.0 Å². The minimum atomic E-state index is -0.857. The number of nitroso groups, excluding NO2 is 1. The molecule has 0 aliphatic carbocycles. The Hall–Kier alpha value is -3.71. The van der Waals surface area contributed by atoms with Crippen LogP contribution in [0.5, 0.6) is 11.5 Å². The van der Waals surface area contributed by atoms with E-state index >= 15 is 0 Å². The van der Waals surface area contributed by atoms with Crippen LogP contribution in [0, 0.1) is 4.91 Å². The second-order valence-corrected chi connectivity index (χ2v) is 7.59. The fraction of sp³-hybridized carbons (Fsp3) is 0.296. The Kier molecular flexibility index (Phi) is 9.61. The highest BCUT2D eigenvalue weighted by atomic mass is 16.5. The average molecular weight is 463 g/mol. The van der Waals surface area contributed by atoms with E-state index in [2.05, 4.69) is 16.2 Å². The fourth-order valence-corrected chi connectivity index (χ4v) is 3.52. The Bertz CT molecular complexity index is 1040. The van der Waals surface area contributed by atoms with Crippen molar-refractivity contribution in [1.29, 1.82) is 0 Å². The Morgan fingerprint density at radius 3 is 2.68 bits per heavy atom. The van der Waals surface area contributed by atoms with Crippen LogP contribution in [-0.4, -0.2) is 31.8 Å². The summed E-state index contributed by atoms with van der Waals surface area (Å²) in [6, 6.07) is 15.3. The van der Waals surface area contributed by atoms with Crippen LogP contribution in [0.3, 0.4) is 0 Å². The van der Waals surface area contributed by atoms with Gasteiger partial charge in [-0.1, -0.05) is 48.6 Å². The third-order valence-electron chi connectivity index (χ3n) is 5.15. The number of ether oxygens (including phenoxy) is 3. The zero-order valence-electron chi connectivity index (χ0n) is 19.6. The predicted octanol–water partition coefficient (Wildman–Crippen LogP) is 5.57. The number of fused-ring (bicyclic) bond motifs is 1. The Morgan fingerprint density at radius 1 is 1.15 bits per heavy atom. The van der Waals surface area contributed by atoms with Gasteiger partial charge in [-0.3, -0.25) is 4.79 Å². The first-order chi connectivity index (χ1) is 16.6. The van der Waals surface area contributed by atoms with Gasteiger partial charge in [0.15, 0.2) is 5.75 Å². The van der Waals surface area contributed by atoms with Gasteiger partial charge in [-0.2, -0.15) is 0 Å². The van der Waals surface area contributed by atoms with Crippen molar-refractivity contribution in [3.05, 3.63) is 95.3 Å². The number of anilines is 1. The van der Waals surface area contributed by atoms with E-state index in [1.807, 2.05) is 79.9 Å². The molecular formula is C27H30N2O5. The molecule has 1 amide bonds. The van der Waals surface area contributed by atoms with Crippen molar-refractivity contribution in [1.82, 2.24) is 0 Å². The van der Waals surface area contributed by atoms with Crippen LogP contribution in [0.1, 0.15) is 25.8 Å². The van der Waals surface area contributed by atoms with E-state index in [4.69, 9.17) is 14.2 Å². The zero-order chi connectivity index (χ0) is 24.2. The molecule has 1 heterocycles. The number of para-hydroxylation sites is 2. The summed E-state index contributed by atoms with van der Waals surface area (Å²) >= 11 is 0. The van der Waals surface area contributed by atoms with Gasteiger partial charge in [-0.05, 0) is 43.7 Å². The summed E-state index contributed by atoms with van der Waals surface area (Å²) in [6.45, 7) is 5.21. The van der Waals surface area contributed by atoms with Gasteiger partial charge in [0.2, 0.25) is 0 Å². The molecule has 2 aromatic rings. The van der Waals surface area contributed by atoms with Gasteiger partial charge in [0, 0.05) is 30.8 Å². The van der Waals surface area contributed by atoms with Crippen LogP contribution in [0.25, 0.3) is 0 Å². The van der Waals surface area contributed by atoms with Crippen molar-refractivity contribution >= 4 is 11.6 Å². The molecule has 2 aromatic carbocycles. The van der Waals surface area contributed by atoms with Crippen LogP contribution in [0.2, 0.25) is 0 Å². The molecule has 0 unspecified atom stereocenters. The molecule has 0 fully saturated rings. The van der Waals surface area contributed by atoms with Crippen LogP contribution in [0.15, 0.2) is 90.0 Å². The summed E-state index contributed by atoms with van der Waals surface area (Å²) in [5.74, 6) is 1.62. The minimum Gasteiger partial charge on any atom is -0.492 e. The molecule has 0 N–H and O–H groups in total. The molecule has 3 rings (SSSR count). The molecule has 34 heavy (non-hydrogen) atoms. The average Bonchev–Trinajstić information content (AvgIpc) is 2.87. The SMILES string of the molecule is C/C=C\C=C/CC1=CN(CCOc2ccc(C[C@H](OCC)C(=O)N=O)cc2)c2ccccc2O1. The molecule has 0 aromatic heterocycles. The van der Waals surface area contributed by atoms with E-state index in [9.17, 15) is 9.70 Å². The van der Waals surface area contributed by atoms with Crippen molar-refractivity contribution in [2.45, 2.75) is 32.8 Å². The molecule has 7 nitrogen and oxygen atoms in total. The van der Waals surface area contributed by atoms with Crippen LogP contribution >= 0.6 is 0 Å². The number of carbonyl (C=O) groups is 1. The van der Waals surface area contributed by atoms with E-state index in [-0.39, 0.29) is 0 Å². The summed E-state index contributed by atoms with van der Waals surface area (Å²) in [5.41, 5.74) is 1.86. The van der Waals surface area contributed by atoms with Gasteiger partial charge in [0.1, 0.15) is 24.2 Å². The van der Waals surface area contributed by atoms with Crippen LogP contribution in [0.4, 0.5) is 5.69 Å². The third kappa shape index (κ3) is 7.15. The summed E-state index contributed by atoms with van der Waals surface area (Å²) in [5, 5.41) is 2.49. The Morgan fingerprint density at radius 2 is 1.94 bits per heavy atom. The van der Waals surface area contributed by atoms with Crippen molar-refractivity contribution in [2.24, 2.45) is 5.18 Å². The van der Waals surface area contributed by atoms with E-state index in [0.717, 1.165) is 28.5 Å². The zero-order valence-corrected chi connectivity index (χ0v) is 19.6. The summed E-state index contributed by atoms with van der Waals surface area (Å²) in [6.07, 6.45) is 10.2. The molecule has 1 aliphatic heterocycles. The predicted molar refractivity (Wildman–Crippen MR) is 133 cm³/mol. The molecule has 178 valence electrons. The Balaban J connectivity index is 1.58. The third-order valence-corrected chi connectivity index (χ3v) is 5.15. The largest absolute Gasteiger partial charge is 0.492 e. The van der Waals surface area contributed by atoms with Gasteiger partial charge < -0.3 is 19.1 Å². The number of nitrogens with zero attached hydrogens (tertiary/aromatic N) is 2. The topological polar surface area (TPSA) is 77.4 Å². The van der Waals surface area contributed by atoms with Gasteiger partial charge in [0.05, 0.1) is 12.2 Å². The smallest absolute Gasteiger partial charge is 0.315 e. The number of carbonyl (C=O) groups excluding carboxylic acids is 1. The van der Waals surface area contributed by atoms with Crippen molar-refractivity contribution < 1.29 is 19.0 Å². The van der Waals surface area contributed by atoms with Gasteiger partial charge in [0.25, 0.3) is 0 Å².